The molecule has 1 aromatic rings. The number of carbonyl (C=O) groups excluding carboxylic acids is 3. The van der Waals surface area contributed by atoms with Gasteiger partial charge in [-0.15, -0.1) is 0 Å². The molecule has 2 saturated carbocycles. The van der Waals surface area contributed by atoms with Crippen LogP contribution in [-0.2, 0) is 9.59 Å². The summed E-state index contributed by atoms with van der Waals surface area (Å²) in [4.78, 5) is 39.0. The number of hydrogen-bond acceptors (Lipinski definition) is 4. The largest absolute Gasteiger partial charge is 0.325 e. The average Bonchev–Trinajstić information content (AvgIpc) is 3.40. The quantitative estimate of drug-likeness (QED) is 0.734. The van der Waals surface area contributed by atoms with E-state index in [0.29, 0.717) is 30.5 Å². The standard InChI is InChI=1S/C20H29N5O3/c1-3-14-6-9-20(10-7-14)18(27)24(19(28)23-20)12-17(26)22-16-8-11-21-25(16)13(2)15-4-5-15/h8,11,13-15H,3-7,9-10,12H2,1-2H3,(H,22,26)(H,23,28)/t13-,14?,20?/m0/s1. The molecule has 2 heterocycles. The Bertz CT molecular complexity index is 777. The number of nitrogens with one attached hydrogen (secondary N) is 2. The first-order chi connectivity index (χ1) is 13.4. The van der Waals surface area contributed by atoms with Gasteiger partial charge in [-0.2, -0.15) is 5.10 Å². The molecule has 4 rings (SSSR count). The summed E-state index contributed by atoms with van der Waals surface area (Å²) in [5.74, 6) is 1.17. The van der Waals surface area contributed by atoms with Crippen molar-refractivity contribution in [2.75, 3.05) is 11.9 Å². The van der Waals surface area contributed by atoms with E-state index in [0.717, 1.165) is 24.2 Å². The molecule has 2 N–H and O–H groups in total. The van der Waals surface area contributed by atoms with Crippen molar-refractivity contribution in [1.82, 2.24) is 20.0 Å². The van der Waals surface area contributed by atoms with Crippen LogP contribution in [0.1, 0.15) is 64.8 Å². The lowest BCUT2D eigenvalue weighted by atomic mass is 9.75. The highest BCUT2D eigenvalue weighted by Crippen LogP contribution is 2.40. The minimum absolute atomic E-state index is 0.221. The zero-order valence-electron chi connectivity index (χ0n) is 16.6. The third-order valence-corrected chi connectivity index (χ3v) is 6.71. The van der Waals surface area contributed by atoms with Crippen LogP contribution in [0.4, 0.5) is 10.6 Å². The van der Waals surface area contributed by atoms with Crippen molar-refractivity contribution in [1.29, 1.82) is 0 Å². The second-order valence-corrected chi connectivity index (χ2v) is 8.54. The molecule has 8 heteroatoms. The van der Waals surface area contributed by atoms with E-state index >= 15 is 0 Å². The number of aromatic nitrogens is 2. The van der Waals surface area contributed by atoms with Gasteiger partial charge in [-0.05, 0) is 57.3 Å². The zero-order valence-corrected chi connectivity index (χ0v) is 16.6. The predicted octanol–water partition coefficient (Wildman–Crippen LogP) is 2.68. The number of carbonyl (C=O) groups is 3. The number of imide groups is 1. The minimum atomic E-state index is -0.814. The van der Waals surface area contributed by atoms with Gasteiger partial charge in [-0.3, -0.25) is 14.5 Å². The van der Waals surface area contributed by atoms with Crippen LogP contribution in [0, 0.1) is 11.8 Å². The molecule has 0 radical (unpaired) electrons. The highest BCUT2D eigenvalue weighted by molar-refractivity contribution is 6.10. The lowest BCUT2D eigenvalue weighted by Crippen LogP contribution is -2.49. The lowest BCUT2D eigenvalue weighted by Gasteiger charge is -2.34. The fourth-order valence-corrected chi connectivity index (χ4v) is 4.58. The van der Waals surface area contributed by atoms with Crippen molar-refractivity contribution in [3.05, 3.63) is 12.3 Å². The van der Waals surface area contributed by atoms with Gasteiger partial charge >= 0.3 is 6.03 Å². The molecule has 28 heavy (non-hydrogen) atoms. The number of nitrogens with zero attached hydrogens (tertiary/aromatic N) is 3. The highest BCUT2D eigenvalue weighted by atomic mass is 16.2. The molecule has 0 unspecified atom stereocenters. The monoisotopic (exact) mass is 387 g/mol. The van der Waals surface area contributed by atoms with Gasteiger partial charge in [0.25, 0.3) is 5.91 Å². The number of anilines is 1. The summed E-state index contributed by atoms with van der Waals surface area (Å²) in [6.07, 6.45) is 8.28. The van der Waals surface area contributed by atoms with Crippen molar-refractivity contribution in [2.45, 2.75) is 70.4 Å². The Morgan fingerprint density at radius 3 is 2.68 bits per heavy atom. The van der Waals surface area contributed by atoms with Crippen LogP contribution < -0.4 is 10.6 Å². The third kappa shape index (κ3) is 3.40. The molecule has 8 nitrogen and oxygen atoms in total. The van der Waals surface area contributed by atoms with Crippen molar-refractivity contribution >= 4 is 23.7 Å². The van der Waals surface area contributed by atoms with Gasteiger partial charge in [0.15, 0.2) is 0 Å². The second kappa shape index (κ2) is 7.22. The second-order valence-electron chi connectivity index (χ2n) is 8.54. The predicted molar refractivity (Wildman–Crippen MR) is 104 cm³/mol. The Morgan fingerprint density at radius 1 is 1.32 bits per heavy atom. The van der Waals surface area contributed by atoms with Crippen molar-refractivity contribution in [3.8, 4) is 0 Å². The molecule has 152 valence electrons. The van der Waals surface area contributed by atoms with E-state index in [1.807, 2.05) is 4.68 Å². The van der Waals surface area contributed by atoms with E-state index in [1.165, 1.54) is 12.8 Å². The molecule has 0 aromatic carbocycles. The Morgan fingerprint density at radius 2 is 2.04 bits per heavy atom. The summed E-state index contributed by atoms with van der Waals surface area (Å²) in [5, 5.41) is 10.0. The molecule has 1 aliphatic heterocycles. The molecule has 1 atom stereocenters. The number of rotatable bonds is 6. The highest BCUT2D eigenvalue weighted by Gasteiger charge is 2.52. The van der Waals surface area contributed by atoms with Gasteiger partial charge in [0.2, 0.25) is 5.91 Å². The first-order valence-electron chi connectivity index (χ1n) is 10.4. The summed E-state index contributed by atoms with van der Waals surface area (Å²) in [6, 6.07) is 1.50. The van der Waals surface area contributed by atoms with E-state index in [1.54, 1.807) is 12.3 Å². The SMILES string of the molecule is CCC1CCC2(CC1)NC(=O)N(CC(=O)Nc1ccnn1[C@@H](C)C1CC1)C2=O. The Balaban J connectivity index is 1.39. The van der Waals surface area contributed by atoms with Gasteiger partial charge in [0, 0.05) is 6.07 Å². The maximum absolute atomic E-state index is 12.9. The fourth-order valence-electron chi connectivity index (χ4n) is 4.58. The van der Waals surface area contributed by atoms with Gasteiger partial charge in [0.1, 0.15) is 17.9 Å². The van der Waals surface area contributed by atoms with Gasteiger partial charge in [-0.25, -0.2) is 9.48 Å². The molecule has 3 fully saturated rings. The van der Waals surface area contributed by atoms with E-state index in [2.05, 4.69) is 29.6 Å². The van der Waals surface area contributed by atoms with Crippen LogP contribution in [0.15, 0.2) is 12.3 Å². The smallest absolute Gasteiger partial charge is 0.323 e. The minimum Gasteiger partial charge on any atom is -0.323 e. The molecular weight excluding hydrogens is 358 g/mol. The topological polar surface area (TPSA) is 96.3 Å². The summed E-state index contributed by atoms with van der Waals surface area (Å²) in [5.41, 5.74) is -0.814. The Hall–Kier alpha value is -2.38. The van der Waals surface area contributed by atoms with E-state index in [4.69, 9.17) is 0 Å². The van der Waals surface area contributed by atoms with E-state index in [-0.39, 0.29) is 24.4 Å². The van der Waals surface area contributed by atoms with Crippen LogP contribution >= 0.6 is 0 Å². The maximum Gasteiger partial charge on any atom is 0.325 e. The number of amides is 4. The molecule has 2 aliphatic carbocycles. The molecule has 1 saturated heterocycles. The van der Waals surface area contributed by atoms with E-state index < -0.39 is 11.6 Å². The molecule has 0 bridgehead atoms. The summed E-state index contributed by atoms with van der Waals surface area (Å²) in [7, 11) is 0. The molecule has 3 aliphatic rings. The molecule has 1 aromatic heterocycles. The van der Waals surface area contributed by atoms with Crippen LogP contribution in [0.25, 0.3) is 0 Å². The number of hydrogen-bond donors (Lipinski definition) is 2. The molecular formula is C20H29N5O3. The van der Waals surface area contributed by atoms with Crippen molar-refractivity contribution < 1.29 is 14.4 Å². The summed E-state index contributed by atoms with van der Waals surface area (Å²) in [6.45, 7) is 3.98. The van der Waals surface area contributed by atoms with Gasteiger partial charge in [-0.1, -0.05) is 13.3 Å². The van der Waals surface area contributed by atoms with Crippen LogP contribution in [0.2, 0.25) is 0 Å². The van der Waals surface area contributed by atoms with Crippen LogP contribution in [0.5, 0.6) is 0 Å². The lowest BCUT2D eigenvalue weighted by molar-refractivity contribution is -0.135. The Labute approximate surface area is 165 Å². The van der Waals surface area contributed by atoms with Crippen molar-refractivity contribution in [2.24, 2.45) is 11.8 Å². The first-order valence-corrected chi connectivity index (χ1v) is 10.4. The normalized spacial score (nSPS) is 28.5. The first kappa shape index (κ1) is 19.0. The van der Waals surface area contributed by atoms with Crippen LogP contribution in [-0.4, -0.2) is 44.6 Å². The summed E-state index contributed by atoms with van der Waals surface area (Å²) >= 11 is 0. The number of urea groups is 1. The Kier molecular flexibility index (Phi) is 4.89. The van der Waals surface area contributed by atoms with Crippen LogP contribution in [0.3, 0.4) is 0 Å². The molecule has 1 spiro atoms. The van der Waals surface area contributed by atoms with Crippen molar-refractivity contribution in [3.63, 3.8) is 0 Å². The maximum atomic E-state index is 12.9. The fraction of sp³-hybridized carbons (Fsp3) is 0.700. The van der Waals surface area contributed by atoms with Gasteiger partial charge < -0.3 is 10.6 Å². The van der Waals surface area contributed by atoms with Gasteiger partial charge in [0.05, 0.1) is 12.2 Å². The molecule has 4 amide bonds. The average molecular weight is 387 g/mol. The third-order valence-electron chi connectivity index (χ3n) is 6.71. The zero-order chi connectivity index (χ0) is 19.9. The van der Waals surface area contributed by atoms with E-state index in [9.17, 15) is 14.4 Å². The summed E-state index contributed by atoms with van der Waals surface area (Å²) < 4.78 is 1.81.